The number of ether oxygens (including phenoxy) is 1. The molecule has 2 aromatic carbocycles. The molecular formula is C25H30O4Si. The molecule has 0 heterocycles. The topological polar surface area (TPSA) is 52.6 Å². The van der Waals surface area contributed by atoms with Gasteiger partial charge in [-0.05, 0) is 21.8 Å². The summed E-state index contributed by atoms with van der Waals surface area (Å²) in [7, 11) is -2.78. The summed E-state index contributed by atoms with van der Waals surface area (Å²) < 4.78 is 12.5. The number of carbonyl (C=O) groups excluding carboxylic acids is 2. The smallest absolute Gasteiger partial charge is 0.379 e. The summed E-state index contributed by atoms with van der Waals surface area (Å²) in [5, 5.41) is 2.15. The van der Waals surface area contributed by atoms with Gasteiger partial charge in [-0.3, -0.25) is 4.79 Å². The van der Waals surface area contributed by atoms with Gasteiger partial charge >= 0.3 is 14.3 Å². The molecule has 0 N–H and O–H groups in total. The van der Waals surface area contributed by atoms with E-state index in [0.717, 1.165) is 6.42 Å². The number of Topliss-reactive ketones (excluding diaryl/α,β-unsaturated/α-hetero) is 1. The van der Waals surface area contributed by atoms with Crippen molar-refractivity contribution in [2.75, 3.05) is 0 Å². The third-order valence-corrected chi connectivity index (χ3v) is 10.5. The Kier molecular flexibility index (Phi) is 6.61. The second-order valence-electron chi connectivity index (χ2n) is 8.63. The molecule has 0 unspecified atom stereocenters. The van der Waals surface area contributed by atoms with Gasteiger partial charge in [0.25, 0.3) is 0 Å². The van der Waals surface area contributed by atoms with Gasteiger partial charge in [-0.25, -0.2) is 4.79 Å². The Balaban J connectivity index is 2.13. The Morgan fingerprint density at radius 3 is 1.83 bits per heavy atom. The van der Waals surface area contributed by atoms with Crippen LogP contribution in [0.5, 0.6) is 0 Å². The lowest BCUT2D eigenvalue weighted by Gasteiger charge is -2.43. The molecule has 1 aliphatic rings. The molecule has 1 aliphatic carbocycles. The molecule has 3 rings (SSSR count). The van der Waals surface area contributed by atoms with Crippen molar-refractivity contribution in [1.29, 1.82) is 0 Å². The summed E-state index contributed by atoms with van der Waals surface area (Å²) in [6.45, 7) is 8.29. The number of ketones is 1. The number of allylic oxidation sites excluding steroid dienone is 2. The molecule has 0 spiro atoms. The average molecular weight is 423 g/mol. The minimum absolute atomic E-state index is 0.136. The highest BCUT2D eigenvalue weighted by Gasteiger charge is 2.53. The second kappa shape index (κ2) is 9.00. The monoisotopic (exact) mass is 422 g/mol. The van der Waals surface area contributed by atoms with Crippen LogP contribution < -0.4 is 10.4 Å². The fourth-order valence-corrected chi connectivity index (χ4v) is 8.57. The van der Waals surface area contributed by atoms with E-state index in [0.29, 0.717) is 24.4 Å². The van der Waals surface area contributed by atoms with Crippen LogP contribution in [-0.2, 0) is 18.8 Å². The zero-order chi connectivity index (χ0) is 21.8. The summed E-state index contributed by atoms with van der Waals surface area (Å²) in [5.74, 6) is -0.0894. The number of hydrogen-bond acceptors (Lipinski definition) is 4. The summed E-state index contributed by atoms with van der Waals surface area (Å²) in [5.41, 5.74) is 0. The van der Waals surface area contributed by atoms with Gasteiger partial charge in [-0.1, -0.05) is 88.4 Å². The van der Waals surface area contributed by atoms with Crippen molar-refractivity contribution in [3.05, 3.63) is 72.2 Å². The van der Waals surface area contributed by atoms with Crippen LogP contribution in [0.1, 0.15) is 53.4 Å². The predicted molar refractivity (Wildman–Crippen MR) is 121 cm³/mol. The summed E-state index contributed by atoms with van der Waals surface area (Å²) >= 11 is 0. The standard InChI is InChI=1S/C25H30O4Si/c1-5-21(26)24(27)28-22-17-12-18-23(22)29-30(25(2,3)4,19-13-8-6-9-14-19)20-15-10-7-11-16-20/h6-11,13-16H,5,12,17-18H2,1-4H3. The predicted octanol–water partition coefficient (Wildman–Crippen LogP) is 4.48. The van der Waals surface area contributed by atoms with Gasteiger partial charge in [0.15, 0.2) is 0 Å². The maximum atomic E-state index is 12.1. The van der Waals surface area contributed by atoms with E-state index < -0.39 is 20.1 Å². The Labute approximate surface area is 180 Å². The highest BCUT2D eigenvalue weighted by molar-refractivity contribution is 6.99. The number of benzene rings is 2. The van der Waals surface area contributed by atoms with Gasteiger partial charge in [0.2, 0.25) is 5.78 Å². The summed E-state index contributed by atoms with van der Waals surface area (Å²) in [6, 6.07) is 20.7. The molecular weight excluding hydrogens is 392 g/mol. The fraction of sp³-hybridized carbons (Fsp3) is 0.360. The van der Waals surface area contributed by atoms with Crippen LogP contribution in [0.3, 0.4) is 0 Å². The Morgan fingerprint density at radius 1 is 0.867 bits per heavy atom. The highest BCUT2D eigenvalue weighted by Crippen LogP contribution is 2.41. The van der Waals surface area contributed by atoms with E-state index in [1.54, 1.807) is 6.92 Å². The van der Waals surface area contributed by atoms with Gasteiger partial charge in [-0.2, -0.15) is 0 Å². The Hall–Kier alpha value is -2.66. The van der Waals surface area contributed by atoms with Crippen LogP contribution in [0.15, 0.2) is 72.2 Å². The first kappa shape index (κ1) is 22.0. The first-order valence-electron chi connectivity index (χ1n) is 10.6. The molecule has 2 aromatic rings. The van der Waals surface area contributed by atoms with Crippen molar-refractivity contribution in [2.45, 2.75) is 58.4 Å². The van der Waals surface area contributed by atoms with Gasteiger partial charge in [0.1, 0.15) is 11.5 Å². The molecule has 30 heavy (non-hydrogen) atoms. The molecule has 0 saturated carbocycles. The van der Waals surface area contributed by atoms with Crippen molar-refractivity contribution < 1.29 is 18.8 Å². The summed E-state index contributed by atoms with van der Waals surface area (Å²) in [6.07, 6.45) is 2.29. The molecule has 0 amide bonds. The molecule has 5 heteroatoms. The fourth-order valence-electron chi connectivity index (χ4n) is 4.05. The normalized spacial score (nSPS) is 14.5. The average Bonchev–Trinajstić information content (AvgIpc) is 3.18. The van der Waals surface area contributed by atoms with E-state index in [-0.39, 0.29) is 11.5 Å². The molecule has 158 valence electrons. The van der Waals surface area contributed by atoms with Gasteiger partial charge in [-0.15, -0.1) is 0 Å². The van der Waals surface area contributed by atoms with E-state index in [2.05, 4.69) is 45.0 Å². The molecule has 0 aliphatic heterocycles. The molecule has 0 fully saturated rings. The maximum Gasteiger partial charge on any atom is 0.379 e. The van der Waals surface area contributed by atoms with E-state index in [9.17, 15) is 9.59 Å². The molecule has 0 bridgehead atoms. The van der Waals surface area contributed by atoms with E-state index >= 15 is 0 Å². The zero-order valence-electron chi connectivity index (χ0n) is 18.2. The lowest BCUT2D eigenvalue weighted by Crippen LogP contribution is -2.66. The summed E-state index contributed by atoms with van der Waals surface area (Å²) in [4.78, 5) is 23.9. The quantitative estimate of drug-likeness (QED) is 0.375. The van der Waals surface area contributed by atoms with Crippen LogP contribution in [-0.4, -0.2) is 20.1 Å². The lowest BCUT2D eigenvalue weighted by molar-refractivity contribution is -0.150. The number of hydrogen-bond donors (Lipinski definition) is 0. The van der Waals surface area contributed by atoms with E-state index in [4.69, 9.17) is 9.16 Å². The Bertz CT molecular complexity index is 887. The second-order valence-corrected chi connectivity index (χ2v) is 12.9. The molecule has 0 atom stereocenters. The van der Waals surface area contributed by atoms with Crippen molar-refractivity contribution in [1.82, 2.24) is 0 Å². The van der Waals surface area contributed by atoms with Crippen molar-refractivity contribution in [3.63, 3.8) is 0 Å². The zero-order valence-corrected chi connectivity index (χ0v) is 19.2. The molecule has 0 aromatic heterocycles. The van der Waals surface area contributed by atoms with E-state index in [1.807, 2.05) is 36.4 Å². The number of esters is 1. The minimum atomic E-state index is -2.78. The van der Waals surface area contributed by atoms with Crippen LogP contribution in [0.25, 0.3) is 0 Å². The van der Waals surface area contributed by atoms with Crippen molar-refractivity contribution in [3.8, 4) is 0 Å². The molecule has 0 radical (unpaired) electrons. The van der Waals surface area contributed by atoms with Crippen LogP contribution >= 0.6 is 0 Å². The van der Waals surface area contributed by atoms with Gasteiger partial charge in [0, 0.05) is 19.3 Å². The maximum absolute atomic E-state index is 12.1. The largest absolute Gasteiger partial charge is 0.535 e. The first-order valence-corrected chi connectivity index (χ1v) is 12.5. The minimum Gasteiger partial charge on any atom is -0.535 e. The van der Waals surface area contributed by atoms with Crippen LogP contribution in [0.2, 0.25) is 5.04 Å². The lowest BCUT2D eigenvalue weighted by atomic mass is 10.2. The van der Waals surface area contributed by atoms with Gasteiger partial charge < -0.3 is 9.16 Å². The van der Waals surface area contributed by atoms with Crippen LogP contribution in [0.4, 0.5) is 0 Å². The van der Waals surface area contributed by atoms with E-state index in [1.165, 1.54) is 10.4 Å². The SMILES string of the molecule is CCC(=O)C(=O)OC1=C(O[Si](c2ccccc2)(c2ccccc2)C(C)(C)C)CCC1. The number of carbonyl (C=O) groups is 2. The van der Waals surface area contributed by atoms with Crippen molar-refractivity contribution in [2.24, 2.45) is 0 Å². The molecule has 4 nitrogen and oxygen atoms in total. The Morgan fingerprint density at radius 2 is 1.37 bits per heavy atom. The third-order valence-electron chi connectivity index (χ3n) is 5.58. The van der Waals surface area contributed by atoms with Crippen LogP contribution in [0, 0.1) is 0 Å². The third kappa shape index (κ3) is 4.26. The van der Waals surface area contributed by atoms with Gasteiger partial charge in [0.05, 0.1) is 0 Å². The number of rotatable bonds is 7. The molecule has 0 saturated heterocycles. The highest BCUT2D eigenvalue weighted by atomic mass is 28.4. The first-order chi connectivity index (χ1) is 14.3. The van der Waals surface area contributed by atoms with Crippen molar-refractivity contribution >= 4 is 30.4 Å².